The van der Waals surface area contributed by atoms with E-state index in [1.54, 1.807) is 6.92 Å². The van der Waals surface area contributed by atoms with Crippen LogP contribution in [0.5, 0.6) is 0 Å². The Hall–Kier alpha value is -1.12. The molecule has 3 heteroatoms. The van der Waals surface area contributed by atoms with Gasteiger partial charge >= 0.3 is 5.97 Å². The summed E-state index contributed by atoms with van der Waals surface area (Å²) in [6, 6.07) is 0. The molecule has 0 spiro atoms. The molecule has 0 radical (unpaired) electrons. The van der Waals surface area contributed by atoms with Crippen molar-refractivity contribution in [1.29, 1.82) is 0 Å². The number of Topliss-reactive ketones (excluding diaryl/α,β-unsaturated/α-hetero) is 1. The molecule has 74 valence electrons. The minimum Gasteiger partial charge on any atom is -0.460 e. The number of hydrogen-bond donors (Lipinski definition) is 0. The third-order valence-electron chi connectivity index (χ3n) is 1.51. The zero-order valence-electron chi connectivity index (χ0n) is 8.21. The van der Waals surface area contributed by atoms with Crippen LogP contribution in [0.1, 0.15) is 33.1 Å². The zero-order valence-corrected chi connectivity index (χ0v) is 8.21. The number of carbonyl (C=O) groups is 2. The molecule has 0 unspecified atom stereocenters. The third-order valence-corrected chi connectivity index (χ3v) is 1.51. The van der Waals surface area contributed by atoms with E-state index >= 15 is 0 Å². The Labute approximate surface area is 78.8 Å². The number of hydrogen-bond acceptors (Lipinski definition) is 3. The maximum Gasteiger partial charge on any atom is 0.374 e. The highest BCUT2D eigenvalue weighted by atomic mass is 16.5. The molecule has 0 heterocycles. The normalized spacial score (nSPS) is 10.3. The van der Waals surface area contributed by atoms with Crippen LogP contribution in [0.15, 0.2) is 12.2 Å². The average molecular weight is 184 g/mol. The van der Waals surface area contributed by atoms with Gasteiger partial charge in [0, 0.05) is 6.42 Å². The smallest absolute Gasteiger partial charge is 0.374 e. The second kappa shape index (κ2) is 7.53. The molecule has 0 aromatic carbocycles. The quantitative estimate of drug-likeness (QED) is 0.274. The number of ketones is 1. The monoisotopic (exact) mass is 184 g/mol. The van der Waals surface area contributed by atoms with Crippen molar-refractivity contribution in [2.45, 2.75) is 33.1 Å². The van der Waals surface area contributed by atoms with Crippen molar-refractivity contribution in [3.63, 3.8) is 0 Å². The van der Waals surface area contributed by atoms with Crippen molar-refractivity contribution < 1.29 is 14.3 Å². The van der Waals surface area contributed by atoms with Gasteiger partial charge in [0.2, 0.25) is 5.78 Å². The number of unbranched alkanes of at least 4 members (excludes halogenated alkanes) is 1. The molecular formula is C10H16O3. The molecule has 13 heavy (non-hydrogen) atoms. The molecule has 0 rings (SSSR count). The third kappa shape index (κ3) is 6.08. The van der Waals surface area contributed by atoms with Gasteiger partial charge in [0.15, 0.2) is 0 Å². The fourth-order valence-corrected chi connectivity index (χ4v) is 0.861. The van der Waals surface area contributed by atoms with Crippen molar-refractivity contribution in [2.75, 3.05) is 6.61 Å². The van der Waals surface area contributed by atoms with E-state index in [9.17, 15) is 9.59 Å². The average Bonchev–Trinajstić information content (AvgIpc) is 2.12. The molecule has 0 aromatic heterocycles. The van der Waals surface area contributed by atoms with Gasteiger partial charge in [0.1, 0.15) is 0 Å². The van der Waals surface area contributed by atoms with E-state index in [4.69, 9.17) is 0 Å². The summed E-state index contributed by atoms with van der Waals surface area (Å²) >= 11 is 0. The first-order valence-electron chi connectivity index (χ1n) is 4.53. The lowest BCUT2D eigenvalue weighted by Gasteiger charge is -1.98. The Morgan fingerprint density at radius 3 is 2.62 bits per heavy atom. The molecule has 0 saturated carbocycles. The Balaban J connectivity index is 3.56. The first kappa shape index (κ1) is 11.9. The lowest BCUT2D eigenvalue weighted by Crippen LogP contribution is -2.16. The molecule has 0 aromatic rings. The molecule has 0 atom stereocenters. The van der Waals surface area contributed by atoms with Crippen LogP contribution in [-0.2, 0) is 14.3 Å². The van der Waals surface area contributed by atoms with Crippen LogP contribution in [0.4, 0.5) is 0 Å². The van der Waals surface area contributed by atoms with Gasteiger partial charge in [-0.25, -0.2) is 4.79 Å². The molecular weight excluding hydrogens is 168 g/mol. The number of carbonyl (C=O) groups excluding carboxylic acids is 2. The Morgan fingerprint density at radius 2 is 2.08 bits per heavy atom. The van der Waals surface area contributed by atoms with Gasteiger partial charge in [-0.2, -0.15) is 0 Å². The number of rotatable bonds is 6. The molecule has 0 N–H and O–H groups in total. The highest BCUT2D eigenvalue weighted by Crippen LogP contribution is 1.99. The van der Waals surface area contributed by atoms with Gasteiger partial charge in [-0.1, -0.05) is 12.2 Å². The van der Waals surface area contributed by atoms with Gasteiger partial charge in [0.05, 0.1) is 6.61 Å². The van der Waals surface area contributed by atoms with E-state index in [1.807, 2.05) is 19.1 Å². The van der Waals surface area contributed by atoms with Gasteiger partial charge in [0.25, 0.3) is 0 Å². The SMILES string of the molecule is CC=CCCCC(=O)C(=O)OCC. The second-order valence-corrected chi connectivity index (χ2v) is 2.60. The summed E-state index contributed by atoms with van der Waals surface area (Å²) in [5, 5.41) is 0. The van der Waals surface area contributed by atoms with Crippen LogP contribution < -0.4 is 0 Å². The van der Waals surface area contributed by atoms with Crippen molar-refractivity contribution in [2.24, 2.45) is 0 Å². The highest BCUT2D eigenvalue weighted by Gasteiger charge is 2.12. The summed E-state index contributed by atoms with van der Waals surface area (Å²) in [5.41, 5.74) is 0. The van der Waals surface area contributed by atoms with Crippen LogP contribution >= 0.6 is 0 Å². The van der Waals surface area contributed by atoms with E-state index in [2.05, 4.69) is 4.74 Å². The van der Waals surface area contributed by atoms with Gasteiger partial charge < -0.3 is 4.74 Å². The standard InChI is InChI=1S/C10H16O3/c1-3-5-6-7-8-9(11)10(12)13-4-2/h3,5H,4,6-8H2,1-2H3. The Morgan fingerprint density at radius 1 is 1.38 bits per heavy atom. The predicted molar refractivity (Wildman–Crippen MR) is 50.3 cm³/mol. The summed E-state index contributed by atoms with van der Waals surface area (Å²) in [6.07, 6.45) is 5.72. The van der Waals surface area contributed by atoms with Gasteiger partial charge in [-0.15, -0.1) is 0 Å². The van der Waals surface area contributed by atoms with Crippen molar-refractivity contribution in [3.8, 4) is 0 Å². The second-order valence-electron chi connectivity index (χ2n) is 2.60. The number of ether oxygens (including phenoxy) is 1. The minimum atomic E-state index is -0.706. The fourth-order valence-electron chi connectivity index (χ4n) is 0.861. The van der Waals surface area contributed by atoms with E-state index in [0.717, 1.165) is 6.42 Å². The summed E-state index contributed by atoms with van der Waals surface area (Å²) in [5.74, 6) is -1.13. The van der Waals surface area contributed by atoms with Crippen LogP contribution in [0.2, 0.25) is 0 Å². The maximum atomic E-state index is 11.0. The maximum absolute atomic E-state index is 11.0. The van der Waals surface area contributed by atoms with Gasteiger partial charge in [-0.05, 0) is 26.7 Å². The molecule has 0 aliphatic carbocycles. The molecule has 0 amide bonds. The predicted octanol–water partition coefficient (Wildman–Crippen LogP) is 1.86. The van der Waals surface area contributed by atoms with Crippen LogP contribution in [0.3, 0.4) is 0 Å². The lowest BCUT2D eigenvalue weighted by atomic mass is 10.2. The van der Waals surface area contributed by atoms with E-state index in [-0.39, 0.29) is 13.0 Å². The Kier molecular flexibility index (Phi) is 6.88. The van der Waals surface area contributed by atoms with Gasteiger partial charge in [-0.3, -0.25) is 4.79 Å². The molecule has 0 saturated heterocycles. The minimum absolute atomic E-state index is 0.263. The summed E-state index contributed by atoms with van der Waals surface area (Å²) in [4.78, 5) is 21.8. The van der Waals surface area contributed by atoms with E-state index in [0.29, 0.717) is 6.42 Å². The molecule has 0 aliphatic heterocycles. The summed E-state index contributed by atoms with van der Waals surface area (Å²) < 4.78 is 4.55. The van der Waals surface area contributed by atoms with Crippen LogP contribution in [0, 0.1) is 0 Å². The fraction of sp³-hybridized carbons (Fsp3) is 0.600. The topological polar surface area (TPSA) is 43.4 Å². The van der Waals surface area contributed by atoms with Crippen molar-refractivity contribution in [3.05, 3.63) is 12.2 Å². The number of esters is 1. The van der Waals surface area contributed by atoms with Crippen molar-refractivity contribution >= 4 is 11.8 Å². The van der Waals surface area contributed by atoms with Crippen LogP contribution in [-0.4, -0.2) is 18.4 Å². The Bertz CT molecular complexity index is 194. The number of allylic oxidation sites excluding steroid dienone is 2. The molecule has 0 fully saturated rings. The van der Waals surface area contributed by atoms with E-state index < -0.39 is 11.8 Å². The van der Waals surface area contributed by atoms with Crippen molar-refractivity contribution in [1.82, 2.24) is 0 Å². The summed E-state index contributed by atoms with van der Waals surface area (Å²) in [7, 11) is 0. The summed E-state index contributed by atoms with van der Waals surface area (Å²) in [6.45, 7) is 3.87. The zero-order chi connectivity index (χ0) is 10.1. The molecule has 0 bridgehead atoms. The highest BCUT2D eigenvalue weighted by molar-refractivity contribution is 6.33. The molecule has 3 nitrogen and oxygen atoms in total. The first-order valence-corrected chi connectivity index (χ1v) is 4.53. The van der Waals surface area contributed by atoms with E-state index in [1.165, 1.54) is 0 Å². The first-order chi connectivity index (χ1) is 6.22. The largest absolute Gasteiger partial charge is 0.460 e. The molecule has 0 aliphatic rings. The lowest BCUT2D eigenvalue weighted by molar-refractivity contribution is -0.153. The van der Waals surface area contributed by atoms with Crippen LogP contribution in [0.25, 0.3) is 0 Å².